The molecule has 5 unspecified atom stereocenters. The van der Waals surface area contributed by atoms with E-state index in [1.165, 1.54) is 0 Å². The molecule has 0 fully saturated rings. The maximum atomic E-state index is 13.3. The van der Waals surface area contributed by atoms with E-state index in [0.717, 1.165) is 6.42 Å². The highest BCUT2D eigenvalue weighted by molar-refractivity contribution is 5.94. The smallest absolute Gasteiger partial charge is 0.326 e. The highest BCUT2D eigenvalue weighted by Crippen LogP contribution is 2.11. The summed E-state index contributed by atoms with van der Waals surface area (Å²) in [4.78, 5) is 61.7. The Morgan fingerprint density at radius 3 is 2.05 bits per heavy atom. The van der Waals surface area contributed by atoms with Crippen LogP contribution in [0.4, 0.5) is 0 Å². The fourth-order valence-electron chi connectivity index (χ4n) is 3.72. The van der Waals surface area contributed by atoms with Crippen LogP contribution in [0.2, 0.25) is 0 Å². The molecule has 1 rings (SSSR count). The number of hydrogen-bond donors (Lipinski definition) is 7. The van der Waals surface area contributed by atoms with Crippen molar-refractivity contribution in [2.24, 2.45) is 17.4 Å². The highest BCUT2D eigenvalue weighted by Gasteiger charge is 2.32. The van der Waals surface area contributed by atoms with Crippen LogP contribution in [0.25, 0.3) is 0 Å². The highest BCUT2D eigenvalue weighted by atomic mass is 16.4. The summed E-state index contributed by atoms with van der Waals surface area (Å²) in [5, 5.41) is 26.0. The number of carbonyl (C=O) groups excluding carboxylic acids is 3. The van der Waals surface area contributed by atoms with Gasteiger partial charge in [-0.15, -0.1) is 0 Å². The van der Waals surface area contributed by atoms with Gasteiger partial charge in [0.1, 0.15) is 18.1 Å². The average Bonchev–Trinajstić information content (AvgIpc) is 2.88. The van der Waals surface area contributed by atoms with E-state index in [9.17, 15) is 29.1 Å². The summed E-state index contributed by atoms with van der Waals surface area (Å²) in [6.07, 6.45) is 1.60. The topological polar surface area (TPSA) is 214 Å². The second-order valence-electron chi connectivity index (χ2n) is 9.35. The standard InChI is InChI=1S/C26H41N5O7/c1-3-16(2)22(31-23(34)18(28)11-7-8-14-27)25(36)30-20(15-17-9-5-4-6-10-17)24(35)29-19(26(37)38)12-13-21(32)33/h4-6,9-10,16,18-20,22H,3,7-8,11-15,27-28H2,1-2H3,(H,29,35)(H,30,36)(H,31,34)(H,32,33)(H,37,38). The number of amides is 3. The van der Waals surface area contributed by atoms with E-state index in [-0.39, 0.29) is 18.8 Å². The van der Waals surface area contributed by atoms with E-state index >= 15 is 0 Å². The SMILES string of the molecule is CCC(C)C(NC(=O)C(N)CCCCN)C(=O)NC(Cc1ccccc1)C(=O)NC(CCC(=O)O)C(=O)O. The molecule has 0 spiro atoms. The molecule has 0 saturated heterocycles. The Balaban J connectivity index is 3.09. The second-order valence-corrected chi connectivity index (χ2v) is 9.35. The van der Waals surface area contributed by atoms with Crippen LogP contribution in [0, 0.1) is 5.92 Å². The van der Waals surface area contributed by atoms with Gasteiger partial charge >= 0.3 is 11.9 Å². The van der Waals surface area contributed by atoms with Crippen molar-refractivity contribution in [1.82, 2.24) is 16.0 Å². The van der Waals surface area contributed by atoms with Gasteiger partial charge < -0.3 is 37.6 Å². The van der Waals surface area contributed by atoms with Crippen LogP contribution < -0.4 is 27.4 Å². The Morgan fingerprint density at radius 2 is 1.50 bits per heavy atom. The van der Waals surface area contributed by atoms with Gasteiger partial charge in [-0.2, -0.15) is 0 Å². The zero-order valence-electron chi connectivity index (χ0n) is 22.0. The van der Waals surface area contributed by atoms with Crippen LogP contribution >= 0.6 is 0 Å². The molecule has 0 bridgehead atoms. The predicted molar refractivity (Wildman–Crippen MR) is 141 cm³/mol. The Labute approximate surface area is 222 Å². The summed E-state index contributed by atoms with van der Waals surface area (Å²) in [5.74, 6) is -4.78. The third-order valence-electron chi connectivity index (χ3n) is 6.28. The number of nitrogens with one attached hydrogen (secondary N) is 3. The van der Waals surface area contributed by atoms with Crippen LogP contribution in [0.15, 0.2) is 30.3 Å². The summed E-state index contributed by atoms with van der Waals surface area (Å²) in [5.41, 5.74) is 12.2. The maximum Gasteiger partial charge on any atom is 0.326 e. The van der Waals surface area contributed by atoms with Crippen molar-refractivity contribution in [2.75, 3.05) is 6.54 Å². The second kappa shape index (κ2) is 17.1. The number of carboxylic acid groups (broad SMARTS) is 2. The number of rotatable bonds is 18. The van der Waals surface area contributed by atoms with Crippen molar-refractivity contribution in [3.63, 3.8) is 0 Å². The number of hydrogen-bond acceptors (Lipinski definition) is 7. The normalized spacial score (nSPS) is 14.8. The van der Waals surface area contributed by atoms with Crippen LogP contribution in [0.1, 0.15) is 57.9 Å². The van der Waals surface area contributed by atoms with Gasteiger partial charge in [-0.3, -0.25) is 19.2 Å². The first-order valence-corrected chi connectivity index (χ1v) is 12.8. The molecule has 0 aliphatic heterocycles. The summed E-state index contributed by atoms with van der Waals surface area (Å²) in [6.45, 7) is 4.12. The summed E-state index contributed by atoms with van der Waals surface area (Å²) < 4.78 is 0. The first-order chi connectivity index (χ1) is 18.0. The molecule has 38 heavy (non-hydrogen) atoms. The van der Waals surface area contributed by atoms with Gasteiger partial charge in [-0.05, 0) is 37.3 Å². The minimum absolute atomic E-state index is 0.0451. The van der Waals surface area contributed by atoms with Crippen molar-refractivity contribution in [3.8, 4) is 0 Å². The Bertz CT molecular complexity index is 928. The van der Waals surface area contributed by atoms with Crippen LogP contribution in [0.5, 0.6) is 0 Å². The molecule has 1 aromatic carbocycles. The average molecular weight is 536 g/mol. The number of aliphatic carboxylic acids is 2. The molecule has 0 aliphatic rings. The molecule has 212 valence electrons. The first kappa shape index (κ1) is 32.5. The van der Waals surface area contributed by atoms with Gasteiger partial charge in [0.25, 0.3) is 0 Å². The molecular formula is C26H41N5O7. The number of carbonyl (C=O) groups is 5. The lowest BCUT2D eigenvalue weighted by atomic mass is 9.96. The van der Waals surface area contributed by atoms with E-state index in [4.69, 9.17) is 16.6 Å². The molecule has 3 amide bonds. The molecule has 9 N–H and O–H groups in total. The van der Waals surface area contributed by atoms with Gasteiger partial charge in [0.15, 0.2) is 0 Å². The van der Waals surface area contributed by atoms with Crippen molar-refractivity contribution in [3.05, 3.63) is 35.9 Å². The number of carboxylic acids is 2. The molecule has 5 atom stereocenters. The van der Waals surface area contributed by atoms with Crippen molar-refractivity contribution in [2.45, 2.75) is 83.0 Å². The molecule has 12 heteroatoms. The van der Waals surface area contributed by atoms with Gasteiger partial charge in [-0.1, -0.05) is 57.0 Å². The van der Waals surface area contributed by atoms with Gasteiger partial charge in [0.05, 0.1) is 6.04 Å². The molecule has 0 radical (unpaired) electrons. The van der Waals surface area contributed by atoms with Crippen molar-refractivity contribution in [1.29, 1.82) is 0 Å². The van der Waals surface area contributed by atoms with E-state index in [1.807, 2.05) is 6.92 Å². The monoisotopic (exact) mass is 535 g/mol. The first-order valence-electron chi connectivity index (χ1n) is 12.8. The largest absolute Gasteiger partial charge is 0.481 e. The number of unbranched alkanes of at least 4 members (excludes halogenated alkanes) is 1. The van der Waals surface area contributed by atoms with Gasteiger partial charge in [-0.25, -0.2) is 4.79 Å². The van der Waals surface area contributed by atoms with E-state index in [0.29, 0.717) is 31.4 Å². The Kier molecular flexibility index (Phi) is 14.6. The number of nitrogens with two attached hydrogens (primary N) is 2. The zero-order valence-corrected chi connectivity index (χ0v) is 22.0. The minimum Gasteiger partial charge on any atom is -0.481 e. The van der Waals surface area contributed by atoms with E-state index in [1.54, 1.807) is 37.3 Å². The number of benzene rings is 1. The fourth-order valence-corrected chi connectivity index (χ4v) is 3.72. The quantitative estimate of drug-likeness (QED) is 0.127. The van der Waals surface area contributed by atoms with Crippen LogP contribution in [-0.4, -0.2) is 70.6 Å². The summed E-state index contributed by atoms with van der Waals surface area (Å²) in [7, 11) is 0. The molecular weight excluding hydrogens is 494 g/mol. The predicted octanol–water partition coefficient (Wildman–Crippen LogP) is 0.135. The lowest BCUT2D eigenvalue weighted by Crippen LogP contribution is -2.59. The minimum atomic E-state index is -1.45. The maximum absolute atomic E-state index is 13.3. The van der Waals surface area contributed by atoms with Gasteiger partial charge in [0, 0.05) is 12.8 Å². The van der Waals surface area contributed by atoms with Crippen molar-refractivity contribution >= 4 is 29.7 Å². The Morgan fingerprint density at radius 1 is 0.868 bits per heavy atom. The van der Waals surface area contributed by atoms with Crippen LogP contribution in [0.3, 0.4) is 0 Å². The van der Waals surface area contributed by atoms with Gasteiger partial charge in [0.2, 0.25) is 17.7 Å². The molecule has 0 saturated carbocycles. The summed E-state index contributed by atoms with van der Waals surface area (Å²) in [6, 6.07) is 4.36. The molecule has 1 aromatic rings. The lowest BCUT2D eigenvalue weighted by molar-refractivity contribution is -0.143. The van der Waals surface area contributed by atoms with E-state index < -0.39 is 60.2 Å². The zero-order chi connectivity index (χ0) is 28.7. The fraction of sp³-hybridized carbons (Fsp3) is 0.577. The van der Waals surface area contributed by atoms with Crippen molar-refractivity contribution < 1.29 is 34.2 Å². The molecule has 0 heterocycles. The summed E-state index contributed by atoms with van der Waals surface area (Å²) >= 11 is 0. The van der Waals surface area contributed by atoms with Crippen LogP contribution in [-0.2, 0) is 30.4 Å². The third-order valence-corrected chi connectivity index (χ3v) is 6.28. The molecule has 12 nitrogen and oxygen atoms in total. The Hall–Kier alpha value is -3.51. The molecule has 0 aliphatic carbocycles. The third kappa shape index (κ3) is 11.7. The van der Waals surface area contributed by atoms with E-state index in [2.05, 4.69) is 16.0 Å². The lowest BCUT2D eigenvalue weighted by Gasteiger charge is -2.28. The molecule has 0 aromatic heterocycles.